The Morgan fingerprint density at radius 3 is 2.71 bits per heavy atom. The molecule has 1 N–H and O–H groups in total. The third-order valence-electron chi connectivity index (χ3n) is 3.23. The van der Waals surface area contributed by atoms with E-state index in [0.717, 1.165) is 5.56 Å². The number of methoxy groups -OCH3 is 1. The van der Waals surface area contributed by atoms with E-state index in [1.165, 1.54) is 0 Å². The normalized spacial score (nSPS) is 24.5. The van der Waals surface area contributed by atoms with Crippen molar-refractivity contribution in [3.8, 4) is 17.2 Å². The van der Waals surface area contributed by atoms with Crippen molar-refractivity contribution in [3.05, 3.63) is 17.7 Å². The molecule has 90 valence electrons. The van der Waals surface area contributed by atoms with Gasteiger partial charge < -0.3 is 19.3 Å². The molecule has 1 heterocycles. The molecule has 0 spiro atoms. The summed E-state index contributed by atoms with van der Waals surface area (Å²) in [5.74, 6) is 0.953. The van der Waals surface area contributed by atoms with E-state index in [4.69, 9.17) is 19.3 Å². The molecule has 2 aliphatic rings. The molecule has 2 atom stereocenters. The molecule has 2 unspecified atom stereocenters. The quantitative estimate of drug-likeness (QED) is 0.863. The van der Waals surface area contributed by atoms with Crippen molar-refractivity contribution in [2.45, 2.75) is 12.3 Å². The summed E-state index contributed by atoms with van der Waals surface area (Å²) >= 11 is 0. The highest BCUT2D eigenvalue weighted by Crippen LogP contribution is 2.53. The minimum Gasteiger partial charge on any atom is -0.496 e. The van der Waals surface area contributed by atoms with Gasteiger partial charge in [0.05, 0.1) is 13.0 Å². The number of carboxylic acids is 1. The monoisotopic (exact) mass is 236 g/mol. The van der Waals surface area contributed by atoms with E-state index in [0.29, 0.717) is 23.7 Å². The van der Waals surface area contributed by atoms with E-state index < -0.39 is 5.97 Å². The Balaban J connectivity index is 1.96. The van der Waals surface area contributed by atoms with E-state index in [-0.39, 0.29) is 18.6 Å². The van der Waals surface area contributed by atoms with Crippen LogP contribution in [0.5, 0.6) is 17.2 Å². The van der Waals surface area contributed by atoms with Crippen LogP contribution in [0.2, 0.25) is 0 Å². The number of ether oxygens (including phenoxy) is 3. The number of aliphatic carboxylic acids is 1. The fourth-order valence-electron chi connectivity index (χ4n) is 2.22. The van der Waals surface area contributed by atoms with E-state index in [9.17, 15) is 4.79 Å². The molecule has 0 saturated heterocycles. The summed E-state index contributed by atoms with van der Waals surface area (Å²) in [4.78, 5) is 10.9. The van der Waals surface area contributed by atoms with Gasteiger partial charge in [-0.15, -0.1) is 0 Å². The zero-order valence-corrected chi connectivity index (χ0v) is 9.30. The number of hydrogen-bond donors (Lipinski definition) is 1. The number of carboxylic acid groups (broad SMARTS) is 1. The first-order valence-corrected chi connectivity index (χ1v) is 5.41. The van der Waals surface area contributed by atoms with Crippen LogP contribution in [0.4, 0.5) is 0 Å². The minimum atomic E-state index is -0.755. The van der Waals surface area contributed by atoms with Crippen LogP contribution in [-0.4, -0.2) is 25.0 Å². The molecule has 1 aliphatic heterocycles. The van der Waals surface area contributed by atoms with E-state index in [1.807, 2.05) is 6.07 Å². The molecular weight excluding hydrogens is 224 g/mol. The summed E-state index contributed by atoms with van der Waals surface area (Å²) in [5, 5.41) is 8.95. The van der Waals surface area contributed by atoms with Crippen molar-refractivity contribution >= 4 is 5.97 Å². The molecule has 1 aromatic rings. The van der Waals surface area contributed by atoms with Crippen molar-refractivity contribution < 1.29 is 24.1 Å². The summed E-state index contributed by atoms with van der Waals surface area (Å²) in [5.41, 5.74) is 0.893. The third-order valence-corrected chi connectivity index (χ3v) is 3.23. The lowest BCUT2D eigenvalue weighted by Crippen LogP contribution is -2.00. The molecule has 0 radical (unpaired) electrons. The van der Waals surface area contributed by atoms with Crippen LogP contribution in [0.15, 0.2) is 12.1 Å². The van der Waals surface area contributed by atoms with Crippen LogP contribution < -0.4 is 14.2 Å². The largest absolute Gasteiger partial charge is 0.496 e. The number of benzene rings is 1. The van der Waals surface area contributed by atoms with Gasteiger partial charge in [0.1, 0.15) is 5.75 Å². The van der Waals surface area contributed by atoms with Gasteiger partial charge in [0.15, 0.2) is 11.5 Å². The van der Waals surface area contributed by atoms with Crippen molar-refractivity contribution in [2.75, 3.05) is 13.9 Å². The van der Waals surface area contributed by atoms with Crippen LogP contribution >= 0.6 is 0 Å². The van der Waals surface area contributed by atoms with Gasteiger partial charge in [-0.2, -0.15) is 0 Å². The van der Waals surface area contributed by atoms with Crippen molar-refractivity contribution in [1.82, 2.24) is 0 Å². The molecule has 0 aromatic heterocycles. The molecule has 3 rings (SSSR count). The van der Waals surface area contributed by atoms with Crippen LogP contribution in [0, 0.1) is 5.92 Å². The number of fused-ring (bicyclic) bond motifs is 1. The molecule has 1 aromatic carbocycles. The summed E-state index contributed by atoms with van der Waals surface area (Å²) in [6.07, 6.45) is 0.658. The van der Waals surface area contributed by atoms with E-state index in [1.54, 1.807) is 13.2 Å². The van der Waals surface area contributed by atoms with Gasteiger partial charge in [-0.3, -0.25) is 4.79 Å². The number of carbonyl (C=O) groups is 1. The lowest BCUT2D eigenvalue weighted by atomic mass is 10.1. The first kappa shape index (κ1) is 10.3. The van der Waals surface area contributed by atoms with Gasteiger partial charge in [-0.1, -0.05) is 0 Å². The lowest BCUT2D eigenvalue weighted by Gasteiger charge is -2.09. The van der Waals surface area contributed by atoms with Crippen molar-refractivity contribution in [2.24, 2.45) is 5.92 Å². The maximum Gasteiger partial charge on any atom is 0.307 e. The van der Waals surface area contributed by atoms with Gasteiger partial charge in [-0.25, -0.2) is 0 Å². The zero-order valence-electron chi connectivity index (χ0n) is 9.30. The SMILES string of the molecule is COc1cc2c(cc1C1CC1C(=O)O)OCO2. The first-order valence-electron chi connectivity index (χ1n) is 5.41. The average molecular weight is 236 g/mol. The number of rotatable bonds is 3. The van der Waals surface area contributed by atoms with Crippen molar-refractivity contribution in [1.29, 1.82) is 0 Å². The van der Waals surface area contributed by atoms with Crippen molar-refractivity contribution in [3.63, 3.8) is 0 Å². The second-order valence-electron chi connectivity index (χ2n) is 4.23. The zero-order chi connectivity index (χ0) is 12.0. The Labute approximate surface area is 97.9 Å². The van der Waals surface area contributed by atoms with Crippen LogP contribution in [0.1, 0.15) is 17.9 Å². The maximum atomic E-state index is 10.9. The van der Waals surface area contributed by atoms with Gasteiger partial charge in [0, 0.05) is 17.5 Å². The molecule has 17 heavy (non-hydrogen) atoms. The highest BCUT2D eigenvalue weighted by atomic mass is 16.7. The summed E-state index contributed by atoms with van der Waals surface area (Å²) in [6, 6.07) is 3.59. The minimum absolute atomic E-state index is 0.0250. The Morgan fingerprint density at radius 1 is 1.41 bits per heavy atom. The van der Waals surface area contributed by atoms with Crippen LogP contribution in [0.3, 0.4) is 0 Å². The first-order chi connectivity index (χ1) is 8.20. The van der Waals surface area contributed by atoms with Gasteiger partial charge in [0.25, 0.3) is 0 Å². The highest BCUT2D eigenvalue weighted by molar-refractivity contribution is 5.76. The fraction of sp³-hybridized carbons (Fsp3) is 0.417. The average Bonchev–Trinajstić information content (AvgIpc) is 2.99. The van der Waals surface area contributed by atoms with Crippen LogP contribution in [-0.2, 0) is 4.79 Å². The second-order valence-corrected chi connectivity index (χ2v) is 4.23. The second kappa shape index (κ2) is 3.55. The van der Waals surface area contributed by atoms with Gasteiger partial charge in [-0.05, 0) is 12.5 Å². The molecule has 0 amide bonds. The summed E-state index contributed by atoms with van der Waals surface area (Å²) in [6.45, 7) is 0.203. The van der Waals surface area contributed by atoms with Crippen LogP contribution in [0.25, 0.3) is 0 Å². The molecule has 1 aliphatic carbocycles. The Kier molecular flexibility index (Phi) is 2.14. The van der Waals surface area contributed by atoms with Gasteiger partial charge >= 0.3 is 5.97 Å². The molecule has 1 fully saturated rings. The lowest BCUT2D eigenvalue weighted by molar-refractivity contribution is -0.138. The van der Waals surface area contributed by atoms with Gasteiger partial charge in [0.2, 0.25) is 6.79 Å². The smallest absolute Gasteiger partial charge is 0.307 e. The molecule has 0 bridgehead atoms. The molecule has 5 nitrogen and oxygen atoms in total. The fourth-order valence-corrected chi connectivity index (χ4v) is 2.22. The molecular formula is C12H12O5. The third kappa shape index (κ3) is 1.58. The topological polar surface area (TPSA) is 65.0 Å². The predicted octanol–water partition coefficient (Wildman–Crippen LogP) is 1.61. The summed E-state index contributed by atoms with van der Waals surface area (Å²) < 4.78 is 15.8. The Hall–Kier alpha value is -1.91. The molecule has 1 saturated carbocycles. The Bertz CT molecular complexity index is 482. The Morgan fingerprint density at radius 2 is 2.12 bits per heavy atom. The predicted molar refractivity (Wildman–Crippen MR) is 57.6 cm³/mol. The highest BCUT2D eigenvalue weighted by Gasteiger charge is 2.46. The summed E-state index contributed by atoms with van der Waals surface area (Å²) in [7, 11) is 1.57. The standard InChI is InChI=1S/C12H12O5/c1-15-9-4-11-10(16-5-17-11)3-7(9)6-2-8(6)12(13)14/h3-4,6,8H,2,5H2,1H3,(H,13,14). The maximum absolute atomic E-state index is 10.9. The number of hydrogen-bond acceptors (Lipinski definition) is 4. The van der Waals surface area contributed by atoms with E-state index >= 15 is 0 Å². The van der Waals surface area contributed by atoms with E-state index in [2.05, 4.69) is 0 Å². The molecule has 5 heteroatoms.